The molecule has 1 heterocycles. The minimum atomic E-state index is -0.260. The number of carbonyl (C=O) groups excluding carboxylic acids is 2. The van der Waals surface area contributed by atoms with Gasteiger partial charge in [-0.2, -0.15) is 0 Å². The molecule has 5 heteroatoms. The second-order valence-electron chi connectivity index (χ2n) is 6.73. The summed E-state index contributed by atoms with van der Waals surface area (Å²) in [5, 5.41) is 0. The summed E-state index contributed by atoms with van der Waals surface area (Å²) in [5.41, 5.74) is 3.43. The zero-order valence-corrected chi connectivity index (χ0v) is 16.3. The number of nitrogens with zero attached hydrogens (tertiary/aromatic N) is 2. The molecule has 5 nitrogen and oxygen atoms in total. The number of hydrogen-bond acceptors (Lipinski definition) is 4. The highest BCUT2D eigenvalue weighted by Gasteiger charge is 2.12. The summed E-state index contributed by atoms with van der Waals surface area (Å²) in [4.78, 5) is 31.5. The monoisotopic (exact) mass is 384 g/mol. The first-order valence-electron chi connectivity index (χ1n) is 9.18. The van der Waals surface area contributed by atoms with Crippen LogP contribution in [0.15, 0.2) is 67.0 Å². The third-order valence-electron chi connectivity index (χ3n) is 4.56. The maximum atomic E-state index is 12.6. The maximum Gasteiger partial charge on any atom is 0.187 e. The van der Waals surface area contributed by atoms with Crippen molar-refractivity contribution in [3.63, 3.8) is 0 Å². The predicted molar refractivity (Wildman–Crippen MR) is 110 cm³/mol. The average Bonchev–Trinajstić information content (AvgIpc) is 2.74. The van der Waals surface area contributed by atoms with Crippen LogP contribution >= 0.6 is 0 Å². The fourth-order valence-electron chi connectivity index (χ4n) is 2.87. The standard InChI is InChI=1S/C24H20N2O3/c1-16(27)19-6-8-20(9-7-19)17(2)29-23-13-21(14-26-15-23)24(28)12-18-4-10-22(25-3)11-5-18/h4-11,13-15,17H,12H2,1-2H3/t17-/m1/s1. The number of benzene rings is 2. The molecule has 29 heavy (non-hydrogen) atoms. The van der Waals surface area contributed by atoms with Gasteiger partial charge < -0.3 is 4.74 Å². The Morgan fingerprint density at radius 2 is 1.72 bits per heavy atom. The lowest BCUT2D eigenvalue weighted by atomic mass is 10.0. The van der Waals surface area contributed by atoms with Crippen LogP contribution in [0, 0.1) is 6.57 Å². The smallest absolute Gasteiger partial charge is 0.187 e. The normalized spacial score (nSPS) is 11.3. The van der Waals surface area contributed by atoms with E-state index >= 15 is 0 Å². The van der Waals surface area contributed by atoms with Crippen molar-refractivity contribution in [2.24, 2.45) is 0 Å². The fraction of sp³-hybridized carbons (Fsp3) is 0.167. The molecule has 0 aliphatic heterocycles. The number of carbonyl (C=O) groups is 2. The van der Waals surface area contributed by atoms with Gasteiger partial charge in [0.15, 0.2) is 17.3 Å². The lowest BCUT2D eigenvalue weighted by molar-refractivity contribution is 0.0989. The highest BCUT2D eigenvalue weighted by atomic mass is 16.5. The maximum absolute atomic E-state index is 12.6. The van der Waals surface area contributed by atoms with Crippen molar-refractivity contribution in [2.45, 2.75) is 26.4 Å². The van der Waals surface area contributed by atoms with Crippen molar-refractivity contribution in [3.05, 3.63) is 101 Å². The molecule has 3 aromatic rings. The van der Waals surface area contributed by atoms with Crippen LogP contribution in [-0.4, -0.2) is 16.6 Å². The van der Waals surface area contributed by atoms with Crippen LogP contribution in [0.4, 0.5) is 5.69 Å². The highest BCUT2D eigenvalue weighted by Crippen LogP contribution is 2.23. The highest BCUT2D eigenvalue weighted by molar-refractivity contribution is 5.97. The topological polar surface area (TPSA) is 60.6 Å². The van der Waals surface area contributed by atoms with Gasteiger partial charge in [-0.05, 0) is 31.0 Å². The number of hydrogen-bond donors (Lipinski definition) is 0. The molecule has 0 saturated heterocycles. The van der Waals surface area contributed by atoms with Gasteiger partial charge in [0.1, 0.15) is 11.9 Å². The van der Waals surface area contributed by atoms with Gasteiger partial charge >= 0.3 is 0 Å². The summed E-state index contributed by atoms with van der Waals surface area (Å²) in [6.07, 6.45) is 3.06. The molecule has 1 aromatic heterocycles. The van der Waals surface area contributed by atoms with Crippen molar-refractivity contribution < 1.29 is 14.3 Å². The van der Waals surface area contributed by atoms with E-state index in [1.807, 2.05) is 19.1 Å². The molecule has 144 valence electrons. The Kier molecular flexibility index (Phi) is 6.16. The molecule has 0 unspecified atom stereocenters. The molecule has 3 rings (SSSR count). The average molecular weight is 384 g/mol. The molecule has 0 aliphatic rings. The number of ketones is 2. The van der Waals surface area contributed by atoms with Gasteiger partial charge in [-0.1, -0.05) is 48.5 Å². The van der Waals surface area contributed by atoms with Crippen LogP contribution in [0.5, 0.6) is 5.75 Å². The third kappa shape index (κ3) is 5.14. The minimum Gasteiger partial charge on any atom is -0.484 e. The van der Waals surface area contributed by atoms with E-state index in [2.05, 4.69) is 9.83 Å². The van der Waals surface area contributed by atoms with Crippen LogP contribution in [0.2, 0.25) is 0 Å². The van der Waals surface area contributed by atoms with Gasteiger partial charge in [-0.15, -0.1) is 0 Å². The van der Waals surface area contributed by atoms with Gasteiger partial charge in [-0.3, -0.25) is 14.6 Å². The van der Waals surface area contributed by atoms with Gasteiger partial charge in [0, 0.05) is 23.7 Å². The van der Waals surface area contributed by atoms with Gasteiger partial charge in [0.2, 0.25) is 0 Å². The molecular formula is C24H20N2O3. The summed E-state index contributed by atoms with van der Waals surface area (Å²) >= 11 is 0. The summed E-state index contributed by atoms with van der Waals surface area (Å²) in [5.74, 6) is 0.448. The van der Waals surface area contributed by atoms with Crippen LogP contribution < -0.4 is 4.74 Å². The minimum absolute atomic E-state index is 0.0178. The third-order valence-corrected chi connectivity index (χ3v) is 4.56. The summed E-state index contributed by atoms with van der Waals surface area (Å²) in [6.45, 7) is 10.4. The molecule has 2 aromatic carbocycles. The fourth-order valence-corrected chi connectivity index (χ4v) is 2.87. The van der Waals surface area contributed by atoms with Gasteiger partial charge in [0.05, 0.1) is 12.8 Å². The lowest BCUT2D eigenvalue weighted by Gasteiger charge is -2.15. The predicted octanol–water partition coefficient (Wildman–Crippen LogP) is 5.40. The van der Waals surface area contributed by atoms with E-state index in [4.69, 9.17) is 11.3 Å². The van der Waals surface area contributed by atoms with Crippen molar-refractivity contribution >= 4 is 17.3 Å². The van der Waals surface area contributed by atoms with E-state index in [0.717, 1.165) is 11.1 Å². The second kappa shape index (κ2) is 8.94. The summed E-state index contributed by atoms with van der Waals surface area (Å²) in [7, 11) is 0. The van der Waals surface area contributed by atoms with Crippen LogP contribution in [-0.2, 0) is 6.42 Å². The van der Waals surface area contributed by atoms with E-state index in [9.17, 15) is 9.59 Å². The first kappa shape index (κ1) is 20.0. The van der Waals surface area contributed by atoms with Crippen molar-refractivity contribution in [3.8, 4) is 5.75 Å². The van der Waals surface area contributed by atoms with Crippen LogP contribution in [0.3, 0.4) is 0 Å². The largest absolute Gasteiger partial charge is 0.484 e. The van der Waals surface area contributed by atoms with Crippen LogP contribution in [0.1, 0.15) is 51.8 Å². The zero-order valence-electron chi connectivity index (χ0n) is 16.3. The molecule has 0 amide bonds. The van der Waals surface area contributed by atoms with Crippen molar-refractivity contribution in [2.75, 3.05) is 0 Å². The van der Waals surface area contributed by atoms with E-state index < -0.39 is 0 Å². The molecule has 0 N–H and O–H groups in total. The van der Waals surface area contributed by atoms with E-state index in [-0.39, 0.29) is 24.1 Å². The van der Waals surface area contributed by atoms with E-state index in [0.29, 0.717) is 22.6 Å². The Bertz CT molecular complexity index is 1060. The number of Topliss-reactive ketones (excluding diaryl/α,β-unsaturated/α-hetero) is 2. The van der Waals surface area contributed by atoms with Crippen molar-refractivity contribution in [1.82, 2.24) is 4.98 Å². The zero-order chi connectivity index (χ0) is 20.8. The number of rotatable bonds is 7. The Morgan fingerprint density at radius 3 is 2.34 bits per heavy atom. The SMILES string of the molecule is [C-]#[N+]c1ccc(CC(=O)c2cncc(O[C@H](C)c3ccc(C(C)=O)cc3)c2)cc1. The summed E-state index contributed by atoms with van der Waals surface area (Å²) < 4.78 is 5.94. The quantitative estimate of drug-likeness (QED) is 0.404. The van der Waals surface area contributed by atoms with Crippen molar-refractivity contribution in [1.29, 1.82) is 0 Å². The molecule has 0 aliphatic carbocycles. The molecule has 0 bridgehead atoms. The lowest BCUT2D eigenvalue weighted by Crippen LogP contribution is -2.07. The molecule has 0 radical (unpaired) electrons. The molecule has 0 spiro atoms. The molecule has 1 atom stereocenters. The van der Waals surface area contributed by atoms with Gasteiger partial charge in [0.25, 0.3) is 0 Å². The first-order chi connectivity index (χ1) is 14.0. The van der Waals surface area contributed by atoms with Crippen LogP contribution in [0.25, 0.3) is 4.85 Å². The molecular weight excluding hydrogens is 364 g/mol. The number of pyridine rings is 1. The Morgan fingerprint density at radius 1 is 1.03 bits per heavy atom. The number of ether oxygens (including phenoxy) is 1. The Hall–Kier alpha value is -3.78. The Balaban J connectivity index is 1.68. The second-order valence-corrected chi connectivity index (χ2v) is 6.73. The van der Waals surface area contributed by atoms with E-state index in [1.165, 1.54) is 13.1 Å². The Labute approximate surface area is 169 Å². The summed E-state index contributed by atoms with van der Waals surface area (Å²) in [6, 6.07) is 15.9. The molecule has 0 fully saturated rings. The molecule has 0 saturated carbocycles. The first-order valence-corrected chi connectivity index (χ1v) is 9.18. The van der Waals surface area contributed by atoms with E-state index in [1.54, 1.807) is 48.7 Å². The van der Waals surface area contributed by atoms with Gasteiger partial charge in [-0.25, -0.2) is 4.85 Å². The number of aromatic nitrogens is 1.